The van der Waals surface area contributed by atoms with Gasteiger partial charge in [0.1, 0.15) is 23.0 Å². The van der Waals surface area contributed by atoms with Crippen molar-refractivity contribution in [3.05, 3.63) is 157 Å². The fraction of sp³-hybridized carbons (Fsp3) is 0.224. The number of aryl methyl sites for hydroxylation is 1. The van der Waals surface area contributed by atoms with Gasteiger partial charge in [-0.15, -0.1) is 0 Å². The normalized spacial score (nSPS) is 10.5. The van der Waals surface area contributed by atoms with Gasteiger partial charge in [-0.25, -0.2) is 19.2 Å². The van der Waals surface area contributed by atoms with Crippen molar-refractivity contribution in [3.63, 3.8) is 0 Å². The highest BCUT2D eigenvalue weighted by Crippen LogP contribution is 2.28. The molecule has 0 fully saturated rings. The lowest BCUT2D eigenvalue weighted by Gasteiger charge is -2.11. The number of hydrogen-bond acceptors (Lipinski definition) is 10. The van der Waals surface area contributed by atoms with Gasteiger partial charge in [0.15, 0.2) is 0 Å². The van der Waals surface area contributed by atoms with Gasteiger partial charge in [-0.1, -0.05) is 61.7 Å². The lowest BCUT2D eigenvalue weighted by Crippen LogP contribution is -2.10. The highest BCUT2D eigenvalue weighted by molar-refractivity contribution is 5.93. The molecule has 5 rings (SSSR count). The van der Waals surface area contributed by atoms with Crippen molar-refractivity contribution in [2.45, 2.75) is 45.4 Å². The first kappa shape index (κ1) is 43.2. The molecule has 304 valence electrons. The molecule has 0 unspecified atom stereocenters. The van der Waals surface area contributed by atoms with Crippen LogP contribution in [0.1, 0.15) is 64.8 Å². The molecule has 0 radical (unpaired) electrons. The molecule has 0 atom stereocenters. The standard InChI is InChI=1S/C49H48O10/c1-4-46(50)56-32-9-7-6-8-30-54-42-24-20-39(21-25-42)37-14-18-41(19-15-37)49(53)59-45-29-28-44(34-35(45)3)58-48(52)40-16-12-36(13-17-40)38-22-26-43(27-23-38)55-31-10-11-33-57-47(51)5-2/h4-5,12-29,34H,1-2,6-11,30-33H2,3H3. The molecule has 59 heavy (non-hydrogen) atoms. The molecule has 0 aliphatic carbocycles. The van der Waals surface area contributed by atoms with E-state index in [9.17, 15) is 19.2 Å². The molecule has 0 saturated carbocycles. The van der Waals surface area contributed by atoms with Crippen LogP contribution in [0.2, 0.25) is 0 Å². The monoisotopic (exact) mass is 796 g/mol. The Balaban J connectivity index is 1.04. The van der Waals surface area contributed by atoms with Crippen LogP contribution in [-0.2, 0) is 19.1 Å². The van der Waals surface area contributed by atoms with Crippen LogP contribution in [0, 0.1) is 6.92 Å². The number of carbonyl (C=O) groups is 4. The third-order valence-electron chi connectivity index (χ3n) is 9.11. The minimum atomic E-state index is -0.514. The SMILES string of the molecule is C=CC(=O)OCCCCCCOc1ccc(-c2ccc(C(=O)Oc3ccc(OC(=O)c4ccc(-c5ccc(OCCCCOC(=O)C=C)cc5)cc4)cc3C)cc2)cc1. The van der Waals surface area contributed by atoms with E-state index in [-0.39, 0.29) is 0 Å². The van der Waals surface area contributed by atoms with Crippen LogP contribution in [0.15, 0.2) is 141 Å². The van der Waals surface area contributed by atoms with Crippen molar-refractivity contribution in [1.82, 2.24) is 0 Å². The Hall–Kier alpha value is -6.94. The van der Waals surface area contributed by atoms with Gasteiger partial charge in [0.25, 0.3) is 0 Å². The molecule has 0 aliphatic heterocycles. The first-order valence-electron chi connectivity index (χ1n) is 19.5. The van der Waals surface area contributed by atoms with E-state index in [0.717, 1.165) is 71.9 Å². The summed E-state index contributed by atoms with van der Waals surface area (Å²) in [6.45, 7) is 10.4. The number of esters is 4. The van der Waals surface area contributed by atoms with Crippen LogP contribution in [0.3, 0.4) is 0 Å². The lowest BCUT2D eigenvalue weighted by atomic mass is 10.0. The van der Waals surface area contributed by atoms with E-state index >= 15 is 0 Å². The Morgan fingerprint density at radius 2 is 0.831 bits per heavy atom. The van der Waals surface area contributed by atoms with Crippen molar-refractivity contribution >= 4 is 23.9 Å². The highest BCUT2D eigenvalue weighted by Gasteiger charge is 2.14. The maximum absolute atomic E-state index is 13.0. The maximum atomic E-state index is 13.0. The number of unbranched alkanes of at least 4 members (excludes halogenated alkanes) is 4. The van der Waals surface area contributed by atoms with Crippen molar-refractivity contribution in [1.29, 1.82) is 0 Å². The molecule has 0 bridgehead atoms. The summed E-state index contributed by atoms with van der Waals surface area (Å²) in [5.74, 6) is 0.355. The molecular weight excluding hydrogens is 749 g/mol. The quantitative estimate of drug-likeness (QED) is 0.0289. The average molecular weight is 797 g/mol. The predicted octanol–water partition coefficient (Wildman–Crippen LogP) is 10.3. The third kappa shape index (κ3) is 13.9. The Labute approximate surface area is 345 Å². The fourth-order valence-corrected chi connectivity index (χ4v) is 5.81. The second kappa shape index (κ2) is 22.7. The van der Waals surface area contributed by atoms with Crippen LogP contribution in [-0.4, -0.2) is 50.3 Å². The molecule has 0 amide bonds. The van der Waals surface area contributed by atoms with Gasteiger partial charge in [-0.05, 0) is 140 Å². The van der Waals surface area contributed by atoms with E-state index in [1.165, 1.54) is 6.08 Å². The lowest BCUT2D eigenvalue weighted by molar-refractivity contribution is -0.138. The van der Waals surface area contributed by atoms with Gasteiger partial charge in [0, 0.05) is 12.2 Å². The summed E-state index contributed by atoms with van der Waals surface area (Å²) in [5.41, 5.74) is 5.23. The molecule has 10 heteroatoms. The molecule has 0 aliphatic rings. The number of rotatable bonds is 22. The number of ether oxygens (including phenoxy) is 6. The van der Waals surface area contributed by atoms with Crippen LogP contribution >= 0.6 is 0 Å². The zero-order valence-corrected chi connectivity index (χ0v) is 33.2. The molecule has 0 aromatic heterocycles. The molecule has 10 nitrogen and oxygen atoms in total. The summed E-state index contributed by atoms with van der Waals surface area (Å²) < 4.78 is 32.9. The van der Waals surface area contributed by atoms with Crippen LogP contribution in [0.5, 0.6) is 23.0 Å². The highest BCUT2D eigenvalue weighted by atomic mass is 16.5. The second-order valence-corrected chi connectivity index (χ2v) is 13.5. The summed E-state index contributed by atoms with van der Waals surface area (Å²) in [6.07, 6.45) is 7.41. The summed E-state index contributed by atoms with van der Waals surface area (Å²) in [6, 6.07) is 34.6. The largest absolute Gasteiger partial charge is 0.494 e. The Bertz CT molecular complexity index is 2170. The minimum absolute atomic E-state index is 0.325. The average Bonchev–Trinajstić information content (AvgIpc) is 3.27. The summed E-state index contributed by atoms with van der Waals surface area (Å²) in [7, 11) is 0. The molecule has 0 spiro atoms. The smallest absolute Gasteiger partial charge is 0.343 e. The van der Waals surface area contributed by atoms with Gasteiger partial charge >= 0.3 is 23.9 Å². The predicted molar refractivity (Wildman–Crippen MR) is 226 cm³/mol. The molecule has 5 aromatic rings. The van der Waals surface area contributed by atoms with Crippen molar-refractivity contribution < 1.29 is 47.6 Å². The fourth-order valence-electron chi connectivity index (χ4n) is 5.81. The topological polar surface area (TPSA) is 124 Å². The summed E-state index contributed by atoms with van der Waals surface area (Å²) in [4.78, 5) is 48.1. The van der Waals surface area contributed by atoms with E-state index in [2.05, 4.69) is 13.2 Å². The molecule has 0 saturated heterocycles. The molecule has 5 aromatic carbocycles. The number of carbonyl (C=O) groups excluding carboxylic acids is 4. The van der Waals surface area contributed by atoms with Crippen LogP contribution in [0.25, 0.3) is 22.3 Å². The van der Waals surface area contributed by atoms with Gasteiger partial charge in [-0.3, -0.25) is 0 Å². The first-order chi connectivity index (χ1) is 28.7. The van der Waals surface area contributed by atoms with E-state index in [1.54, 1.807) is 49.4 Å². The van der Waals surface area contributed by atoms with Gasteiger partial charge < -0.3 is 28.4 Å². The Kier molecular flexibility index (Phi) is 16.6. The Morgan fingerprint density at radius 3 is 1.27 bits per heavy atom. The minimum Gasteiger partial charge on any atom is -0.494 e. The van der Waals surface area contributed by atoms with Crippen LogP contribution < -0.4 is 18.9 Å². The van der Waals surface area contributed by atoms with Gasteiger partial charge in [0.05, 0.1) is 37.6 Å². The van der Waals surface area contributed by atoms with Crippen molar-refractivity contribution in [2.75, 3.05) is 26.4 Å². The summed E-state index contributed by atoms with van der Waals surface area (Å²) in [5, 5.41) is 0. The Morgan fingerprint density at radius 1 is 0.458 bits per heavy atom. The molecule has 0 heterocycles. The van der Waals surface area contributed by atoms with Crippen molar-refractivity contribution in [2.24, 2.45) is 0 Å². The summed E-state index contributed by atoms with van der Waals surface area (Å²) >= 11 is 0. The zero-order valence-electron chi connectivity index (χ0n) is 33.2. The number of benzene rings is 5. The van der Waals surface area contributed by atoms with E-state index in [0.29, 0.717) is 61.0 Å². The zero-order chi connectivity index (χ0) is 41.8. The molecule has 0 N–H and O–H groups in total. The van der Waals surface area contributed by atoms with E-state index in [1.807, 2.05) is 72.8 Å². The maximum Gasteiger partial charge on any atom is 0.343 e. The first-order valence-corrected chi connectivity index (χ1v) is 19.5. The van der Waals surface area contributed by atoms with Gasteiger partial charge in [-0.2, -0.15) is 0 Å². The van der Waals surface area contributed by atoms with Gasteiger partial charge in [0.2, 0.25) is 0 Å². The molecular formula is C49H48O10. The second-order valence-electron chi connectivity index (χ2n) is 13.5. The third-order valence-corrected chi connectivity index (χ3v) is 9.11. The van der Waals surface area contributed by atoms with Crippen molar-refractivity contribution in [3.8, 4) is 45.3 Å². The van der Waals surface area contributed by atoms with E-state index < -0.39 is 23.9 Å². The van der Waals surface area contributed by atoms with E-state index in [4.69, 9.17) is 28.4 Å². The van der Waals surface area contributed by atoms with Crippen LogP contribution in [0.4, 0.5) is 0 Å². The number of hydrogen-bond donors (Lipinski definition) is 0.